The molecule has 0 spiro atoms. The number of rotatable bonds is 1. The molecule has 1 N–H and O–H groups in total. The molecule has 1 aromatic rings. The van der Waals surface area contributed by atoms with Crippen LogP contribution < -0.4 is 10.1 Å². The molecule has 0 bridgehead atoms. The Morgan fingerprint density at radius 1 is 1.42 bits per heavy atom. The molecule has 2 nitrogen and oxygen atoms in total. The lowest BCUT2D eigenvalue weighted by atomic mass is 10.1. The smallest absolute Gasteiger partial charge is 0.131 e. The van der Waals surface area contributed by atoms with Crippen molar-refractivity contribution in [2.45, 2.75) is 13.1 Å². The summed E-state index contributed by atoms with van der Waals surface area (Å²) in [5.41, 5.74) is 1.78. The first-order valence-corrected chi connectivity index (χ1v) is 3.87. The Labute approximate surface area is 70.3 Å². The van der Waals surface area contributed by atoms with Crippen molar-refractivity contribution in [3.63, 3.8) is 0 Å². The van der Waals surface area contributed by atoms with Crippen LogP contribution >= 0.6 is 0 Å². The van der Waals surface area contributed by atoms with E-state index in [0.717, 1.165) is 17.7 Å². The normalized spacial score (nSPS) is 14.5. The largest absolute Gasteiger partial charge is 0.497 e. The van der Waals surface area contributed by atoms with Gasteiger partial charge in [0.2, 0.25) is 0 Å². The van der Waals surface area contributed by atoms with Crippen LogP contribution in [0.1, 0.15) is 11.1 Å². The second-order valence-electron chi connectivity index (χ2n) is 2.85. The van der Waals surface area contributed by atoms with Crippen LogP contribution in [0.5, 0.6) is 5.75 Å². The molecule has 1 heterocycles. The highest BCUT2D eigenvalue weighted by Gasteiger charge is 2.15. The maximum Gasteiger partial charge on any atom is 0.131 e. The Kier molecular flexibility index (Phi) is 1.73. The van der Waals surface area contributed by atoms with Gasteiger partial charge < -0.3 is 10.1 Å². The Morgan fingerprint density at radius 3 is 3.00 bits per heavy atom. The molecular formula is C9H10FNO. The van der Waals surface area contributed by atoms with Crippen molar-refractivity contribution in [2.24, 2.45) is 0 Å². The first-order chi connectivity index (χ1) is 5.81. The van der Waals surface area contributed by atoms with Crippen LogP contribution in [-0.2, 0) is 13.1 Å². The number of methoxy groups -OCH3 is 1. The topological polar surface area (TPSA) is 21.3 Å². The van der Waals surface area contributed by atoms with E-state index in [0.29, 0.717) is 12.3 Å². The van der Waals surface area contributed by atoms with Crippen molar-refractivity contribution in [2.75, 3.05) is 7.11 Å². The number of hydrogen-bond donors (Lipinski definition) is 1. The average molecular weight is 167 g/mol. The lowest BCUT2D eigenvalue weighted by molar-refractivity contribution is 0.410. The minimum atomic E-state index is -0.172. The standard InChI is InChI=1S/C9H10FNO/c1-12-7-2-6-4-11-5-8(6)9(10)3-7/h2-3,11H,4-5H2,1H3. The minimum Gasteiger partial charge on any atom is -0.497 e. The van der Waals surface area contributed by atoms with Crippen molar-refractivity contribution in [1.29, 1.82) is 0 Å². The Bertz CT molecular complexity index is 312. The van der Waals surface area contributed by atoms with Gasteiger partial charge in [0.25, 0.3) is 0 Å². The zero-order chi connectivity index (χ0) is 8.55. The number of hydrogen-bond acceptors (Lipinski definition) is 2. The third-order valence-corrected chi connectivity index (χ3v) is 2.11. The minimum absolute atomic E-state index is 0.172. The molecule has 0 saturated carbocycles. The van der Waals surface area contributed by atoms with Crippen LogP contribution in [0.3, 0.4) is 0 Å². The summed E-state index contributed by atoms with van der Waals surface area (Å²) in [7, 11) is 1.55. The van der Waals surface area contributed by atoms with E-state index < -0.39 is 0 Å². The van der Waals surface area contributed by atoms with E-state index in [2.05, 4.69) is 5.32 Å². The molecule has 1 aliphatic heterocycles. The van der Waals surface area contributed by atoms with Gasteiger partial charge in [-0.3, -0.25) is 0 Å². The van der Waals surface area contributed by atoms with Gasteiger partial charge in [0.15, 0.2) is 0 Å². The number of benzene rings is 1. The fourth-order valence-electron chi connectivity index (χ4n) is 1.46. The van der Waals surface area contributed by atoms with E-state index >= 15 is 0 Å². The highest BCUT2D eigenvalue weighted by atomic mass is 19.1. The summed E-state index contributed by atoms with van der Waals surface area (Å²) >= 11 is 0. The van der Waals surface area contributed by atoms with Crippen molar-refractivity contribution < 1.29 is 9.13 Å². The van der Waals surface area contributed by atoms with E-state index in [1.807, 2.05) is 6.07 Å². The molecule has 0 atom stereocenters. The van der Waals surface area contributed by atoms with Crippen LogP contribution in [0.25, 0.3) is 0 Å². The van der Waals surface area contributed by atoms with Crippen molar-refractivity contribution in [3.05, 3.63) is 29.1 Å². The summed E-state index contributed by atoms with van der Waals surface area (Å²) in [5.74, 6) is 0.421. The molecule has 1 aliphatic rings. The van der Waals surface area contributed by atoms with Crippen molar-refractivity contribution in [3.8, 4) is 5.75 Å². The Morgan fingerprint density at radius 2 is 2.25 bits per heavy atom. The zero-order valence-electron chi connectivity index (χ0n) is 6.86. The summed E-state index contributed by atoms with van der Waals surface area (Å²) in [6.45, 7) is 1.37. The van der Waals surface area contributed by atoms with Gasteiger partial charge in [-0.2, -0.15) is 0 Å². The van der Waals surface area contributed by atoms with E-state index in [9.17, 15) is 4.39 Å². The van der Waals surface area contributed by atoms with E-state index in [1.165, 1.54) is 6.07 Å². The molecule has 0 unspecified atom stereocenters. The van der Waals surface area contributed by atoms with Gasteiger partial charge in [-0.15, -0.1) is 0 Å². The summed E-state index contributed by atoms with van der Waals surface area (Å²) in [6.07, 6.45) is 0. The molecule has 0 amide bonds. The number of ether oxygens (including phenoxy) is 1. The van der Waals surface area contributed by atoms with Crippen LogP contribution in [0.2, 0.25) is 0 Å². The first kappa shape index (κ1) is 7.55. The summed E-state index contributed by atoms with van der Waals surface area (Å²) in [5, 5.41) is 3.08. The highest BCUT2D eigenvalue weighted by Crippen LogP contribution is 2.24. The number of nitrogens with one attached hydrogen (secondary N) is 1. The van der Waals surface area contributed by atoms with Gasteiger partial charge >= 0.3 is 0 Å². The average Bonchev–Trinajstić information content (AvgIpc) is 2.52. The summed E-state index contributed by atoms with van der Waals surface area (Å²) < 4.78 is 18.2. The molecule has 3 heteroatoms. The lowest BCUT2D eigenvalue weighted by Gasteiger charge is -2.03. The molecule has 0 saturated heterocycles. The molecule has 1 aromatic carbocycles. The fourth-order valence-corrected chi connectivity index (χ4v) is 1.46. The van der Waals surface area contributed by atoms with Crippen LogP contribution in [0.4, 0.5) is 4.39 Å². The summed E-state index contributed by atoms with van der Waals surface area (Å²) in [4.78, 5) is 0. The van der Waals surface area contributed by atoms with Crippen molar-refractivity contribution in [1.82, 2.24) is 5.32 Å². The molecular weight excluding hydrogens is 157 g/mol. The third kappa shape index (κ3) is 1.06. The van der Waals surface area contributed by atoms with Gasteiger partial charge in [0.05, 0.1) is 7.11 Å². The molecule has 0 aliphatic carbocycles. The number of fused-ring (bicyclic) bond motifs is 1. The van der Waals surface area contributed by atoms with Gasteiger partial charge in [0.1, 0.15) is 11.6 Å². The quantitative estimate of drug-likeness (QED) is 0.683. The molecule has 0 fully saturated rings. The van der Waals surface area contributed by atoms with Gasteiger partial charge in [-0.05, 0) is 11.6 Å². The SMILES string of the molecule is COc1cc(F)c2c(c1)CNC2. The molecule has 0 aromatic heterocycles. The molecule has 2 rings (SSSR count). The third-order valence-electron chi connectivity index (χ3n) is 2.11. The maximum absolute atomic E-state index is 13.2. The van der Waals surface area contributed by atoms with E-state index in [-0.39, 0.29) is 5.82 Å². The van der Waals surface area contributed by atoms with Crippen LogP contribution in [0.15, 0.2) is 12.1 Å². The van der Waals surface area contributed by atoms with E-state index in [1.54, 1.807) is 7.11 Å². The van der Waals surface area contributed by atoms with Crippen LogP contribution in [0, 0.1) is 5.82 Å². The van der Waals surface area contributed by atoms with E-state index in [4.69, 9.17) is 4.74 Å². The van der Waals surface area contributed by atoms with Gasteiger partial charge in [0, 0.05) is 24.7 Å². The van der Waals surface area contributed by atoms with Gasteiger partial charge in [-0.25, -0.2) is 4.39 Å². The monoisotopic (exact) mass is 167 g/mol. The Balaban J connectivity index is 2.51. The Hall–Kier alpha value is -1.09. The van der Waals surface area contributed by atoms with Crippen LogP contribution in [-0.4, -0.2) is 7.11 Å². The fraction of sp³-hybridized carbons (Fsp3) is 0.333. The first-order valence-electron chi connectivity index (χ1n) is 3.87. The lowest BCUT2D eigenvalue weighted by Crippen LogP contribution is -2.00. The highest BCUT2D eigenvalue weighted by molar-refractivity contribution is 5.38. The van der Waals surface area contributed by atoms with Crippen molar-refractivity contribution >= 4 is 0 Å². The second-order valence-corrected chi connectivity index (χ2v) is 2.85. The summed E-state index contributed by atoms with van der Waals surface area (Å²) in [6, 6.07) is 3.30. The number of halogens is 1. The zero-order valence-corrected chi connectivity index (χ0v) is 6.86. The molecule has 12 heavy (non-hydrogen) atoms. The maximum atomic E-state index is 13.2. The molecule has 64 valence electrons. The molecule has 0 radical (unpaired) electrons. The predicted octanol–water partition coefficient (Wildman–Crippen LogP) is 1.44. The van der Waals surface area contributed by atoms with Gasteiger partial charge in [-0.1, -0.05) is 0 Å². The predicted molar refractivity (Wildman–Crippen MR) is 43.5 cm³/mol. The second kappa shape index (κ2) is 2.75.